The molecule has 0 aliphatic carbocycles. The van der Waals surface area contributed by atoms with E-state index in [0.717, 1.165) is 10.0 Å². The van der Waals surface area contributed by atoms with E-state index < -0.39 is 5.41 Å². The molecule has 0 saturated carbocycles. The van der Waals surface area contributed by atoms with Crippen molar-refractivity contribution in [3.63, 3.8) is 0 Å². The fraction of sp³-hybridized carbons (Fsp3) is 0.500. The molecule has 0 spiro atoms. The van der Waals surface area contributed by atoms with E-state index >= 15 is 0 Å². The zero-order valence-corrected chi connectivity index (χ0v) is 16.0. The van der Waals surface area contributed by atoms with Gasteiger partial charge in [0.1, 0.15) is 0 Å². The van der Waals surface area contributed by atoms with Crippen LogP contribution in [-0.2, 0) is 14.3 Å². The molecule has 1 aromatic carbocycles. The quantitative estimate of drug-likeness (QED) is 0.679. The standard InChI is InChI=1S/C16H22BrN3O3.ClH/c1-11-8-12(2-3-13(11)17)20-14(21)9-19-15(22)16(10-18)4-6-23-7-5-16;/h2-3,8H,4-7,9-10,18H2,1H3,(H,19,22)(H,20,21);1H. The smallest absolute Gasteiger partial charge is 0.243 e. The molecule has 2 amide bonds. The van der Waals surface area contributed by atoms with Crippen molar-refractivity contribution in [2.24, 2.45) is 11.1 Å². The summed E-state index contributed by atoms with van der Waals surface area (Å²) in [4.78, 5) is 24.4. The van der Waals surface area contributed by atoms with Gasteiger partial charge in [-0.25, -0.2) is 0 Å². The molecule has 1 aliphatic heterocycles. The molecule has 1 saturated heterocycles. The van der Waals surface area contributed by atoms with Gasteiger partial charge in [-0.15, -0.1) is 12.4 Å². The normalized spacial score (nSPS) is 16.0. The maximum atomic E-state index is 12.4. The third kappa shape index (κ3) is 5.17. The minimum Gasteiger partial charge on any atom is -0.381 e. The summed E-state index contributed by atoms with van der Waals surface area (Å²) in [6.45, 7) is 3.17. The lowest BCUT2D eigenvalue weighted by Gasteiger charge is -2.34. The average Bonchev–Trinajstić information content (AvgIpc) is 2.56. The number of benzene rings is 1. The number of halogens is 2. The van der Waals surface area contributed by atoms with Crippen molar-refractivity contribution in [3.05, 3.63) is 28.2 Å². The van der Waals surface area contributed by atoms with Gasteiger partial charge in [0, 0.05) is 29.9 Å². The maximum Gasteiger partial charge on any atom is 0.243 e. The Morgan fingerprint density at radius 2 is 2.00 bits per heavy atom. The third-order valence-electron chi connectivity index (χ3n) is 4.17. The number of hydrogen-bond acceptors (Lipinski definition) is 4. The summed E-state index contributed by atoms with van der Waals surface area (Å²) in [5.41, 5.74) is 6.88. The number of ether oxygens (including phenoxy) is 1. The fourth-order valence-corrected chi connectivity index (χ4v) is 2.81. The van der Waals surface area contributed by atoms with Gasteiger partial charge in [-0.1, -0.05) is 15.9 Å². The van der Waals surface area contributed by atoms with Crippen LogP contribution in [0.1, 0.15) is 18.4 Å². The Hall–Kier alpha value is -1.15. The highest BCUT2D eigenvalue weighted by Gasteiger charge is 2.38. The lowest BCUT2D eigenvalue weighted by atomic mass is 9.79. The Balaban J connectivity index is 0.00000288. The Kier molecular flexibility index (Phi) is 8.15. The number of nitrogens with two attached hydrogens (primary N) is 1. The summed E-state index contributed by atoms with van der Waals surface area (Å²) in [6, 6.07) is 5.54. The van der Waals surface area contributed by atoms with Crippen LogP contribution in [0.5, 0.6) is 0 Å². The summed E-state index contributed by atoms with van der Waals surface area (Å²) in [5.74, 6) is -0.440. The number of amides is 2. The zero-order valence-electron chi connectivity index (χ0n) is 13.6. The predicted molar refractivity (Wildman–Crippen MR) is 99.3 cm³/mol. The summed E-state index contributed by atoms with van der Waals surface area (Å²) in [6.07, 6.45) is 1.17. The van der Waals surface area contributed by atoms with Crippen molar-refractivity contribution in [2.75, 3.05) is 31.6 Å². The Morgan fingerprint density at radius 1 is 1.33 bits per heavy atom. The SMILES string of the molecule is Cc1cc(NC(=O)CNC(=O)C2(CN)CCOCC2)ccc1Br.Cl. The molecule has 1 aromatic rings. The molecule has 1 heterocycles. The Bertz CT molecular complexity index is 592. The number of carbonyl (C=O) groups is 2. The van der Waals surface area contributed by atoms with E-state index in [1.165, 1.54) is 0 Å². The van der Waals surface area contributed by atoms with Gasteiger partial charge < -0.3 is 21.1 Å². The van der Waals surface area contributed by atoms with Crippen LogP contribution in [0.3, 0.4) is 0 Å². The van der Waals surface area contributed by atoms with E-state index in [2.05, 4.69) is 26.6 Å². The molecule has 24 heavy (non-hydrogen) atoms. The predicted octanol–water partition coefficient (Wildman–Crippen LogP) is 1.99. The highest BCUT2D eigenvalue weighted by atomic mass is 79.9. The minimum atomic E-state index is -0.618. The van der Waals surface area contributed by atoms with E-state index in [1.54, 1.807) is 6.07 Å². The molecular weight excluding hydrogens is 398 g/mol. The first-order valence-corrected chi connectivity index (χ1v) is 8.38. The summed E-state index contributed by atoms with van der Waals surface area (Å²) in [5, 5.41) is 5.46. The average molecular weight is 421 g/mol. The van der Waals surface area contributed by atoms with Gasteiger partial charge in [0.25, 0.3) is 0 Å². The number of nitrogens with one attached hydrogen (secondary N) is 2. The maximum absolute atomic E-state index is 12.4. The van der Waals surface area contributed by atoms with Crippen molar-refractivity contribution in [3.8, 4) is 0 Å². The van der Waals surface area contributed by atoms with Crippen LogP contribution in [0, 0.1) is 12.3 Å². The van der Waals surface area contributed by atoms with Crippen LogP contribution >= 0.6 is 28.3 Å². The van der Waals surface area contributed by atoms with E-state index in [1.807, 2.05) is 19.1 Å². The van der Waals surface area contributed by atoms with E-state index in [4.69, 9.17) is 10.5 Å². The second-order valence-electron chi connectivity index (χ2n) is 5.79. The van der Waals surface area contributed by atoms with E-state index in [-0.39, 0.29) is 37.3 Å². The van der Waals surface area contributed by atoms with Gasteiger partial charge in [0.15, 0.2) is 0 Å². The van der Waals surface area contributed by atoms with Crippen LogP contribution < -0.4 is 16.4 Å². The van der Waals surface area contributed by atoms with Crippen molar-refractivity contribution in [2.45, 2.75) is 19.8 Å². The molecule has 4 N–H and O–H groups in total. The number of anilines is 1. The highest BCUT2D eigenvalue weighted by Crippen LogP contribution is 2.29. The highest BCUT2D eigenvalue weighted by molar-refractivity contribution is 9.10. The molecule has 0 atom stereocenters. The van der Waals surface area contributed by atoms with Gasteiger partial charge in [0.2, 0.25) is 11.8 Å². The van der Waals surface area contributed by atoms with Crippen molar-refractivity contribution in [1.29, 1.82) is 0 Å². The molecule has 0 unspecified atom stereocenters. The molecule has 1 aliphatic rings. The zero-order chi connectivity index (χ0) is 16.9. The number of hydrogen-bond donors (Lipinski definition) is 3. The first-order valence-electron chi connectivity index (χ1n) is 7.59. The Morgan fingerprint density at radius 3 is 2.58 bits per heavy atom. The summed E-state index contributed by atoms with van der Waals surface area (Å²) in [7, 11) is 0. The van der Waals surface area contributed by atoms with Gasteiger partial charge in [-0.05, 0) is 43.5 Å². The molecular formula is C16H23BrClN3O3. The second kappa shape index (κ2) is 9.36. The topological polar surface area (TPSA) is 93.5 Å². The first kappa shape index (κ1) is 20.9. The van der Waals surface area contributed by atoms with Crippen LogP contribution in [0.15, 0.2) is 22.7 Å². The molecule has 1 fully saturated rings. The lowest BCUT2D eigenvalue weighted by Crippen LogP contribution is -2.50. The largest absolute Gasteiger partial charge is 0.381 e. The lowest BCUT2D eigenvalue weighted by molar-refractivity contribution is -0.137. The molecule has 134 valence electrons. The monoisotopic (exact) mass is 419 g/mol. The van der Waals surface area contributed by atoms with E-state index in [9.17, 15) is 9.59 Å². The van der Waals surface area contributed by atoms with Gasteiger partial charge >= 0.3 is 0 Å². The molecule has 6 nitrogen and oxygen atoms in total. The van der Waals surface area contributed by atoms with Crippen molar-refractivity contribution < 1.29 is 14.3 Å². The first-order chi connectivity index (χ1) is 11.0. The fourth-order valence-electron chi connectivity index (χ4n) is 2.56. The minimum absolute atomic E-state index is 0. The van der Waals surface area contributed by atoms with Crippen molar-refractivity contribution >= 4 is 45.8 Å². The van der Waals surface area contributed by atoms with Crippen LogP contribution in [0.4, 0.5) is 5.69 Å². The Labute approximate surface area is 156 Å². The van der Waals surface area contributed by atoms with Crippen LogP contribution in [-0.4, -0.2) is 38.1 Å². The van der Waals surface area contributed by atoms with Crippen LogP contribution in [0.2, 0.25) is 0 Å². The molecule has 0 bridgehead atoms. The van der Waals surface area contributed by atoms with Crippen LogP contribution in [0.25, 0.3) is 0 Å². The second-order valence-corrected chi connectivity index (χ2v) is 6.65. The summed E-state index contributed by atoms with van der Waals surface area (Å²) < 4.78 is 6.26. The number of rotatable bonds is 5. The van der Waals surface area contributed by atoms with E-state index in [0.29, 0.717) is 31.7 Å². The van der Waals surface area contributed by atoms with Crippen molar-refractivity contribution in [1.82, 2.24) is 5.32 Å². The van der Waals surface area contributed by atoms with Gasteiger partial charge in [0.05, 0.1) is 12.0 Å². The molecule has 0 radical (unpaired) electrons. The summed E-state index contributed by atoms with van der Waals surface area (Å²) >= 11 is 3.41. The van der Waals surface area contributed by atoms with Gasteiger partial charge in [-0.3, -0.25) is 9.59 Å². The number of aryl methyl sites for hydroxylation is 1. The number of carbonyl (C=O) groups excluding carboxylic acids is 2. The molecule has 2 rings (SSSR count). The van der Waals surface area contributed by atoms with Gasteiger partial charge in [-0.2, -0.15) is 0 Å². The third-order valence-corrected chi connectivity index (χ3v) is 5.06. The molecule has 0 aromatic heterocycles. The molecule has 8 heteroatoms.